The van der Waals surface area contributed by atoms with Gasteiger partial charge in [0.05, 0.1) is 5.69 Å². The summed E-state index contributed by atoms with van der Waals surface area (Å²) in [4.78, 5) is 7.07. The molecule has 0 amide bonds. The number of guanidine groups is 1. The first-order valence-corrected chi connectivity index (χ1v) is 11.7. The van der Waals surface area contributed by atoms with Crippen LogP contribution >= 0.6 is 24.0 Å². The Kier molecular flexibility index (Phi) is 11.0. The average Bonchev–Trinajstić information content (AvgIpc) is 2.94. The SMILES string of the molecule is CN=C(NCc1ccccc1CN1CCCCCC1)NC(C)Cc1c(C)nn(C)c1C.I. The lowest BCUT2D eigenvalue weighted by molar-refractivity contribution is 0.276. The highest BCUT2D eigenvalue weighted by Gasteiger charge is 2.15. The first-order valence-electron chi connectivity index (χ1n) is 11.7. The lowest BCUT2D eigenvalue weighted by Crippen LogP contribution is -2.43. The fourth-order valence-corrected chi connectivity index (χ4v) is 4.50. The number of aliphatic imine (C=N–C) groups is 1. The topological polar surface area (TPSA) is 57.5 Å². The van der Waals surface area contributed by atoms with Gasteiger partial charge in [-0.1, -0.05) is 37.1 Å². The predicted octanol–water partition coefficient (Wildman–Crippen LogP) is 4.33. The van der Waals surface area contributed by atoms with Crippen molar-refractivity contribution < 1.29 is 0 Å². The number of hydrogen-bond acceptors (Lipinski definition) is 3. The molecular formula is C25H41IN6. The van der Waals surface area contributed by atoms with E-state index in [1.54, 1.807) is 0 Å². The van der Waals surface area contributed by atoms with E-state index in [0.717, 1.165) is 31.2 Å². The first-order chi connectivity index (χ1) is 15.0. The van der Waals surface area contributed by atoms with Crippen molar-refractivity contribution in [1.82, 2.24) is 25.3 Å². The maximum atomic E-state index is 4.54. The van der Waals surface area contributed by atoms with Crippen LogP contribution in [0.1, 0.15) is 60.7 Å². The number of nitrogens with zero attached hydrogens (tertiary/aromatic N) is 4. The second-order valence-electron chi connectivity index (χ2n) is 8.91. The number of halogens is 1. The van der Waals surface area contributed by atoms with Crippen LogP contribution in [0.4, 0.5) is 0 Å². The molecule has 3 rings (SSSR count). The Morgan fingerprint density at radius 1 is 1.09 bits per heavy atom. The van der Waals surface area contributed by atoms with Gasteiger partial charge in [0.2, 0.25) is 0 Å². The molecule has 0 saturated carbocycles. The van der Waals surface area contributed by atoms with Gasteiger partial charge in [-0.05, 0) is 69.8 Å². The molecule has 2 heterocycles. The Morgan fingerprint density at radius 3 is 2.34 bits per heavy atom. The summed E-state index contributed by atoms with van der Waals surface area (Å²) >= 11 is 0. The number of likely N-dealkylation sites (tertiary alicyclic amines) is 1. The number of nitrogens with one attached hydrogen (secondary N) is 2. The normalized spacial score (nSPS) is 16.2. The Balaban J connectivity index is 0.00000363. The highest BCUT2D eigenvalue weighted by Crippen LogP contribution is 2.17. The summed E-state index contributed by atoms with van der Waals surface area (Å²) in [5.41, 5.74) is 6.43. The van der Waals surface area contributed by atoms with Gasteiger partial charge < -0.3 is 10.6 Å². The summed E-state index contributed by atoms with van der Waals surface area (Å²) in [5.74, 6) is 0.844. The van der Waals surface area contributed by atoms with Crippen molar-refractivity contribution >= 4 is 29.9 Å². The lowest BCUT2D eigenvalue weighted by Gasteiger charge is -2.22. The maximum absolute atomic E-state index is 4.54. The van der Waals surface area contributed by atoms with Crippen molar-refractivity contribution in [2.45, 2.75) is 72.0 Å². The molecule has 6 nitrogen and oxygen atoms in total. The summed E-state index contributed by atoms with van der Waals surface area (Å²) in [6, 6.07) is 9.06. The number of hydrogen-bond donors (Lipinski definition) is 2. The van der Waals surface area contributed by atoms with E-state index in [0.29, 0.717) is 0 Å². The molecule has 1 aromatic heterocycles. The summed E-state index contributed by atoms with van der Waals surface area (Å²) in [7, 11) is 3.85. The number of aryl methyl sites for hydroxylation is 2. The monoisotopic (exact) mass is 552 g/mol. The molecule has 1 aliphatic heterocycles. The molecule has 0 aliphatic carbocycles. The van der Waals surface area contributed by atoms with Gasteiger partial charge in [0, 0.05) is 38.9 Å². The minimum absolute atomic E-state index is 0. The van der Waals surface area contributed by atoms with Gasteiger partial charge in [-0.15, -0.1) is 24.0 Å². The average molecular weight is 553 g/mol. The van der Waals surface area contributed by atoms with Crippen LogP contribution in [0.5, 0.6) is 0 Å². The summed E-state index contributed by atoms with van der Waals surface area (Å²) in [5, 5.41) is 11.6. The molecule has 178 valence electrons. The second-order valence-corrected chi connectivity index (χ2v) is 8.91. The van der Waals surface area contributed by atoms with Crippen LogP contribution in [0.15, 0.2) is 29.3 Å². The van der Waals surface area contributed by atoms with Crippen LogP contribution in [0.2, 0.25) is 0 Å². The Bertz CT molecular complexity index is 867. The van der Waals surface area contributed by atoms with E-state index in [1.165, 1.54) is 61.2 Å². The minimum Gasteiger partial charge on any atom is -0.354 e. The molecule has 1 saturated heterocycles. The van der Waals surface area contributed by atoms with Crippen molar-refractivity contribution in [1.29, 1.82) is 0 Å². The number of aromatic nitrogens is 2. The standard InChI is InChI=1S/C25H40N6.HI/c1-19(16-24-20(2)29-30(5)21(24)3)28-25(26-4)27-17-22-12-8-9-13-23(22)18-31-14-10-6-7-11-15-31;/h8-9,12-13,19H,6-7,10-11,14-18H2,1-5H3,(H2,26,27,28);1H. The molecular weight excluding hydrogens is 511 g/mol. The van der Waals surface area contributed by atoms with E-state index < -0.39 is 0 Å². The third-order valence-corrected chi connectivity index (χ3v) is 6.43. The van der Waals surface area contributed by atoms with E-state index in [1.807, 2.05) is 18.8 Å². The molecule has 0 spiro atoms. The summed E-state index contributed by atoms with van der Waals surface area (Å²) in [6.07, 6.45) is 6.32. The lowest BCUT2D eigenvalue weighted by atomic mass is 10.1. The van der Waals surface area contributed by atoms with Crippen molar-refractivity contribution in [3.05, 3.63) is 52.3 Å². The molecule has 1 unspecified atom stereocenters. The third-order valence-electron chi connectivity index (χ3n) is 6.43. The van der Waals surface area contributed by atoms with Crippen LogP contribution < -0.4 is 10.6 Å². The fourth-order valence-electron chi connectivity index (χ4n) is 4.50. The largest absolute Gasteiger partial charge is 0.354 e. The molecule has 1 aromatic carbocycles. The third kappa shape index (κ3) is 7.47. The van der Waals surface area contributed by atoms with Crippen molar-refractivity contribution in [3.8, 4) is 0 Å². The zero-order valence-electron chi connectivity index (χ0n) is 20.4. The van der Waals surface area contributed by atoms with Gasteiger partial charge in [0.1, 0.15) is 0 Å². The Hall–Kier alpha value is -1.61. The van der Waals surface area contributed by atoms with E-state index in [-0.39, 0.29) is 30.0 Å². The van der Waals surface area contributed by atoms with Gasteiger partial charge >= 0.3 is 0 Å². The second kappa shape index (κ2) is 13.2. The molecule has 32 heavy (non-hydrogen) atoms. The zero-order valence-corrected chi connectivity index (χ0v) is 22.8. The number of benzene rings is 1. The zero-order chi connectivity index (χ0) is 22.2. The Morgan fingerprint density at radius 2 is 1.75 bits per heavy atom. The van der Waals surface area contributed by atoms with Gasteiger partial charge in [-0.2, -0.15) is 5.10 Å². The molecule has 2 N–H and O–H groups in total. The van der Waals surface area contributed by atoms with E-state index in [2.05, 4.69) is 70.7 Å². The minimum atomic E-state index is 0. The van der Waals surface area contributed by atoms with E-state index >= 15 is 0 Å². The number of rotatable bonds is 7. The van der Waals surface area contributed by atoms with Crippen LogP contribution in [-0.4, -0.2) is 46.8 Å². The molecule has 0 radical (unpaired) electrons. The Labute approximate surface area is 211 Å². The van der Waals surface area contributed by atoms with Crippen LogP contribution in [0.25, 0.3) is 0 Å². The van der Waals surface area contributed by atoms with Crippen LogP contribution in [0.3, 0.4) is 0 Å². The van der Waals surface area contributed by atoms with E-state index in [4.69, 9.17) is 0 Å². The summed E-state index contributed by atoms with van der Waals surface area (Å²) in [6.45, 7) is 10.7. The molecule has 2 aromatic rings. The fraction of sp³-hybridized carbons (Fsp3) is 0.600. The predicted molar refractivity (Wildman–Crippen MR) is 145 cm³/mol. The van der Waals surface area contributed by atoms with Crippen molar-refractivity contribution in [2.75, 3.05) is 20.1 Å². The molecule has 7 heteroatoms. The molecule has 1 atom stereocenters. The summed E-state index contributed by atoms with van der Waals surface area (Å²) < 4.78 is 1.96. The van der Waals surface area contributed by atoms with Gasteiger partial charge in [0.15, 0.2) is 5.96 Å². The van der Waals surface area contributed by atoms with Crippen molar-refractivity contribution in [3.63, 3.8) is 0 Å². The highest BCUT2D eigenvalue weighted by atomic mass is 127. The van der Waals surface area contributed by atoms with Crippen molar-refractivity contribution in [2.24, 2.45) is 12.0 Å². The smallest absolute Gasteiger partial charge is 0.191 e. The highest BCUT2D eigenvalue weighted by molar-refractivity contribution is 14.0. The molecule has 1 fully saturated rings. The molecule has 0 bridgehead atoms. The van der Waals surface area contributed by atoms with Gasteiger partial charge in [0.25, 0.3) is 0 Å². The van der Waals surface area contributed by atoms with Crippen LogP contribution in [0, 0.1) is 13.8 Å². The molecule has 1 aliphatic rings. The maximum Gasteiger partial charge on any atom is 0.191 e. The quantitative estimate of drug-likeness (QED) is 0.305. The van der Waals surface area contributed by atoms with Gasteiger partial charge in [-0.3, -0.25) is 14.6 Å². The first kappa shape index (κ1) is 26.6. The van der Waals surface area contributed by atoms with Crippen LogP contribution in [-0.2, 0) is 26.6 Å². The van der Waals surface area contributed by atoms with E-state index in [9.17, 15) is 0 Å². The van der Waals surface area contributed by atoms with Gasteiger partial charge in [-0.25, -0.2) is 0 Å².